The number of nitrogens with one attached hydrogen (secondary N) is 2. The van der Waals surface area contributed by atoms with Crippen LogP contribution >= 0.6 is 11.3 Å². The van der Waals surface area contributed by atoms with Crippen LogP contribution in [0.1, 0.15) is 12.8 Å². The number of anilines is 1. The number of amides is 1. The largest absolute Gasteiger partial charge is 0.360 e. The lowest BCUT2D eigenvalue weighted by atomic mass is 10.2. The molecule has 0 saturated carbocycles. The molecule has 0 spiro atoms. The number of rotatable bonds is 9. The molecule has 0 fully saturated rings. The minimum Gasteiger partial charge on any atom is -0.360 e. The smallest absolute Gasteiger partial charge is 0.239 e. The fourth-order valence-corrected chi connectivity index (χ4v) is 3.75. The van der Waals surface area contributed by atoms with Crippen molar-refractivity contribution in [2.24, 2.45) is 0 Å². The van der Waals surface area contributed by atoms with Crippen molar-refractivity contribution in [1.82, 2.24) is 20.2 Å². The minimum atomic E-state index is -0.0230. The number of thiophene rings is 1. The molecule has 0 radical (unpaired) electrons. The van der Waals surface area contributed by atoms with Gasteiger partial charge < -0.3 is 15.5 Å². The van der Waals surface area contributed by atoms with Crippen LogP contribution in [0.15, 0.2) is 42.7 Å². The summed E-state index contributed by atoms with van der Waals surface area (Å²) < 4.78 is 0. The average molecular weight is 384 g/mol. The number of nitrogens with zero attached hydrogens (tertiary/aromatic N) is 3. The second-order valence-corrected chi connectivity index (χ2v) is 7.66. The Morgan fingerprint density at radius 2 is 1.96 bits per heavy atom. The number of aromatic nitrogens is 2. The van der Waals surface area contributed by atoms with Gasteiger partial charge in [0.15, 0.2) is 0 Å². The molecule has 142 valence electrons. The van der Waals surface area contributed by atoms with Crippen molar-refractivity contribution in [2.45, 2.75) is 12.8 Å². The fourth-order valence-electron chi connectivity index (χ4n) is 2.75. The summed E-state index contributed by atoms with van der Waals surface area (Å²) in [4.78, 5) is 24.9. The summed E-state index contributed by atoms with van der Waals surface area (Å²) in [5, 5.41) is 7.04. The first kappa shape index (κ1) is 19.3. The maximum atomic E-state index is 12.1. The maximum absolute atomic E-state index is 12.1. The highest BCUT2D eigenvalue weighted by atomic mass is 32.1. The predicted octanol–water partition coefficient (Wildman–Crippen LogP) is 3.23. The molecule has 1 amide bonds. The summed E-state index contributed by atoms with van der Waals surface area (Å²) in [5.41, 5.74) is 1.15. The molecule has 0 atom stereocenters. The van der Waals surface area contributed by atoms with Crippen molar-refractivity contribution in [1.29, 1.82) is 0 Å². The van der Waals surface area contributed by atoms with Crippen molar-refractivity contribution >= 4 is 33.3 Å². The van der Waals surface area contributed by atoms with E-state index >= 15 is 0 Å². The molecule has 0 unspecified atom stereocenters. The van der Waals surface area contributed by atoms with Crippen LogP contribution in [0.3, 0.4) is 0 Å². The van der Waals surface area contributed by atoms with Crippen molar-refractivity contribution in [2.75, 3.05) is 39.0 Å². The second-order valence-electron chi connectivity index (χ2n) is 6.63. The van der Waals surface area contributed by atoms with Gasteiger partial charge >= 0.3 is 0 Å². The van der Waals surface area contributed by atoms with E-state index in [1.807, 2.05) is 18.2 Å². The monoisotopic (exact) mass is 383 g/mol. The van der Waals surface area contributed by atoms with Gasteiger partial charge in [-0.3, -0.25) is 4.79 Å². The van der Waals surface area contributed by atoms with Crippen LogP contribution < -0.4 is 10.6 Å². The molecule has 0 bridgehead atoms. The van der Waals surface area contributed by atoms with Gasteiger partial charge in [-0.15, -0.1) is 11.3 Å². The molecule has 0 saturated heterocycles. The zero-order chi connectivity index (χ0) is 19.1. The summed E-state index contributed by atoms with van der Waals surface area (Å²) in [7, 11) is 4.11. The van der Waals surface area contributed by atoms with Gasteiger partial charge in [-0.1, -0.05) is 30.3 Å². The first-order chi connectivity index (χ1) is 13.1. The Bertz CT molecular complexity index is 878. The van der Waals surface area contributed by atoms with Crippen molar-refractivity contribution in [3.8, 4) is 10.4 Å². The fraction of sp³-hybridized carbons (Fsp3) is 0.350. The average Bonchev–Trinajstić information content (AvgIpc) is 3.11. The number of fused-ring (bicyclic) bond motifs is 1. The Kier molecular flexibility index (Phi) is 6.73. The third kappa shape index (κ3) is 5.48. The van der Waals surface area contributed by atoms with Crippen LogP contribution in [-0.4, -0.2) is 54.5 Å². The van der Waals surface area contributed by atoms with Gasteiger partial charge in [0.05, 0.1) is 11.9 Å². The molecular formula is C20H25N5OS. The van der Waals surface area contributed by atoms with E-state index in [1.54, 1.807) is 11.3 Å². The number of hydrogen-bond acceptors (Lipinski definition) is 6. The SMILES string of the molecule is CN(C)CCCCNC(=O)CNc1ncnc2sc(-c3ccccc3)cc12. The summed E-state index contributed by atoms with van der Waals surface area (Å²) in [6, 6.07) is 12.3. The van der Waals surface area contributed by atoms with Gasteiger partial charge in [-0.05, 0) is 45.1 Å². The standard InChI is InChI=1S/C20H25N5OS/c1-25(2)11-7-6-10-21-18(26)13-22-19-16-12-17(15-8-4-3-5-9-15)27-20(16)24-14-23-19/h3-5,8-9,12,14H,6-7,10-11,13H2,1-2H3,(H,21,26)(H,22,23,24). The van der Waals surface area contributed by atoms with Crippen LogP contribution in [0.2, 0.25) is 0 Å². The van der Waals surface area contributed by atoms with Crippen LogP contribution in [0.25, 0.3) is 20.7 Å². The van der Waals surface area contributed by atoms with E-state index in [1.165, 1.54) is 6.33 Å². The Hall–Kier alpha value is -2.51. The number of unbranched alkanes of at least 4 members (excludes halogenated alkanes) is 1. The van der Waals surface area contributed by atoms with E-state index in [-0.39, 0.29) is 12.5 Å². The highest BCUT2D eigenvalue weighted by Gasteiger charge is 2.11. The van der Waals surface area contributed by atoms with Crippen LogP contribution in [0, 0.1) is 0 Å². The topological polar surface area (TPSA) is 70.2 Å². The molecule has 2 N–H and O–H groups in total. The first-order valence-corrected chi connectivity index (χ1v) is 9.90. The molecule has 1 aromatic carbocycles. The van der Waals surface area contributed by atoms with E-state index in [0.717, 1.165) is 40.0 Å². The van der Waals surface area contributed by atoms with E-state index in [2.05, 4.69) is 57.8 Å². The summed E-state index contributed by atoms with van der Waals surface area (Å²) in [5.74, 6) is 0.673. The van der Waals surface area contributed by atoms with Gasteiger partial charge in [0.2, 0.25) is 5.91 Å². The lowest BCUT2D eigenvalue weighted by molar-refractivity contribution is -0.119. The molecule has 27 heavy (non-hydrogen) atoms. The second kappa shape index (κ2) is 9.43. The normalized spacial score (nSPS) is 11.1. The van der Waals surface area contributed by atoms with Crippen molar-refractivity contribution < 1.29 is 4.79 Å². The molecular weight excluding hydrogens is 358 g/mol. The van der Waals surface area contributed by atoms with Crippen LogP contribution in [0.5, 0.6) is 0 Å². The highest BCUT2D eigenvalue weighted by molar-refractivity contribution is 7.21. The highest BCUT2D eigenvalue weighted by Crippen LogP contribution is 2.34. The molecule has 0 aliphatic heterocycles. The third-order valence-electron chi connectivity index (χ3n) is 4.16. The molecule has 2 aromatic heterocycles. The Labute approximate surface area is 163 Å². The van der Waals surface area contributed by atoms with Gasteiger partial charge in [-0.2, -0.15) is 0 Å². The Morgan fingerprint density at radius 1 is 1.15 bits per heavy atom. The number of hydrogen-bond donors (Lipinski definition) is 2. The lowest BCUT2D eigenvalue weighted by Crippen LogP contribution is -2.31. The predicted molar refractivity (Wildman–Crippen MR) is 112 cm³/mol. The van der Waals surface area contributed by atoms with Gasteiger partial charge in [0.25, 0.3) is 0 Å². The molecule has 3 aromatic rings. The minimum absolute atomic E-state index is 0.0230. The van der Waals surface area contributed by atoms with Gasteiger partial charge in [0, 0.05) is 11.4 Å². The van der Waals surface area contributed by atoms with Crippen LogP contribution in [-0.2, 0) is 4.79 Å². The number of benzene rings is 1. The third-order valence-corrected chi connectivity index (χ3v) is 5.25. The van der Waals surface area contributed by atoms with E-state index in [4.69, 9.17) is 0 Å². The first-order valence-electron chi connectivity index (χ1n) is 9.09. The summed E-state index contributed by atoms with van der Waals surface area (Å²) in [6.45, 7) is 1.94. The zero-order valence-electron chi connectivity index (χ0n) is 15.7. The maximum Gasteiger partial charge on any atom is 0.239 e. The van der Waals surface area contributed by atoms with Crippen molar-refractivity contribution in [3.63, 3.8) is 0 Å². The lowest BCUT2D eigenvalue weighted by Gasteiger charge is -2.10. The zero-order valence-corrected chi connectivity index (χ0v) is 16.6. The molecule has 2 heterocycles. The Morgan fingerprint density at radius 3 is 2.74 bits per heavy atom. The van der Waals surface area contributed by atoms with Gasteiger partial charge in [-0.25, -0.2) is 9.97 Å². The quantitative estimate of drug-likeness (QED) is 0.555. The van der Waals surface area contributed by atoms with Crippen molar-refractivity contribution in [3.05, 3.63) is 42.7 Å². The van der Waals surface area contributed by atoms with Crippen LogP contribution in [0.4, 0.5) is 5.82 Å². The van der Waals surface area contributed by atoms with E-state index < -0.39 is 0 Å². The number of carbonyl (C=O) groups excluding carboxylic acids is 1. The van der Waals surface area contributed by atoms with Gasteiger partial charge in [0.1, 0.15) is 17.0 Å². The van der Waals surface area contributed by atoms with E-state index in [0.29, 0.717) is 12.4 Å². The summed E-state index contributed by atoms with van der Waals surface area (Å²) in [6.07, 6.45) is 3.59. The molecule has 0 aliphatic carbocycles. The molecule has 6 nitrogen and oxygen atoms in total. The summed E-state index contributed by atoms with van der Waals surface area (Å²) >= 11 is 1.62. The Balaban J connectivity index is 1.57. The molecule has 7 heteroatoms. The van der Waals surface area contributed by atoms with E-state index in [9.17, 15) is 4.79 Å². The molecule has 0 aliphatic rings. The molecule has 3 rings (SSSR count). The number of carbonyl (C=O) groups is 1.